The van der Waals surface area contributed by atoms with Crippen LogP contribution in [0.1, 0.15) is 0 Å². The number of rotatable bonds is 4. The lowest BCUT2D eigenvalue weighted by Gasteiger charge is -2.19. The highest BCUT2D eigenvalue weighted by Crippen LogP contribution is 2.45. The molecule has 10 aromatic rings. The van der Waals surface area contributed by atoms with Gasteiger partial charge in [-0.3, -0.25) is 0 Å². The van der Waals surface area contributed by atoms with Gasteiger partial charge in [0.2, 0.25) is 0 Å². The zero-order valence-electron chi connectivity index (χ0n) is 27.5. The van der Waals surface area contributed by atoms with Gasteiger partial charge in [0.05, 0.1) is 0 Å². The summed E-state index contributed by atoms with van der Waals surface area (Å²) in [5.74, 6) is 0. The van der Waals surface area contributed by atoms with Gasteiger partial charge in [-0.15, -0.1) is 0 Å². The highest BCUT2D eigenvalue weighted by molar-refractivity contribution is 6.23. The van der Waals surface area contributed by atoms with Crippen molar-refractivity contribution in [3.8, 4) is 44.5 Å². The zero-order chi connectivity index (χ0) is 33.0. The summed E-state index contributed by atoms with van der Waals surface area (Å²) in [6.45, 7) is 0. The summed E-state index contributed by atoms with van der Waals surface area (Å²) in [6.07, 6.45) is 0. The zero-order valence-corrected chi connectivity index (χ0v) is 27.5. The first-order valence-corrected chi connectivity index (χ1v) is 17.3. The van der Waals surface area contributed by atoms with Crippen LogP contribution < -0.4 is 0 Å². The molecule has 0 nitrogen and oxygen atoms in total. The highest BCUT2D eigenvalue weighted by atomic mass is 14.2. The maximum Gasteiger partial charge on any atom is -0.00261 e. The van der Waals surface area contributed by atoms with Gasteiger partial charge >= 0.3 is 0 Å². The van der Waals surface area contributed by atoms with Crippen LogP contribution in [0, 0.1) is 0 Å². The monoisotopic (exact) mass is 632 g/mol. The molecule has 0 amide bonds. The quantitative estimate of drug-likeness (QED) is 0.134. The van der Waals surface area contributed by atoms with Crippen molar-refractivity contribution in [3.63, 3.8) is 0 Å². The molecule has 0 saturated heterocycles. The summed E-state index contributed by atoms with van der Waals surface area (Å²) < 4.78 is 0. The van der Waals surface area contributed by atoms with Crippen LogP contribution in [0.15, 0.2) is 194 Å². The fourth-order valence-corrected chi connectivity index (χ4v) is 8.06. The summed E-state index contributed by atoms with van der Waals surface area (Å²) in [5, 5.41) is 12.7. The Morgan fingerprint density at radius 3 is 1.34 bits per heavy atom. The van der Waals surface area contributed by atoms with Crippen molar-refractivity contribution in [1.29, 1.82) is 0 Å². The minimum Gasteiger partial charge on any atom is -0.0622 e. The third-order valence-electron chi connectivity index (χ3n) is 10.4. The van der Waals surface area contributed by atoms with Gasteiger partial charge in [-0.25, -0.2) is 0 Å². The Kier molecular flexibility index (Phi) is 6.60. The Morgan fingerprint density at radius 2 is 0.660 bits per heavy atom. The van der Waals surface area contributed by atoms with Gasteiger partial charge in [-0.1, -0.05) is 176 Å². The second-order valence-electron chi connectivity index (χ2n) is 13.3. The summed E-state index contributed by atoms with van der Waals surface area (Å²) in [5.41, 5.74) is 10.0. The molecule has 0 atom stereocenters. The first kappa shape index (κ1) is 28.5. The van der Waals surface area contributed by atoms with E-state index in [2.05, 4.69) is 194 Å². The smallest absolute Gasteiger partial charge is 0.00261 e. The molecule has 0 saturated carbocycles. The van der Waals surface area contributed by atoms with E-state index in [0.29, 0.717) is 0 Å². The first-order chi connectivity index (χ1) is 24.8. The molecular weight excluding hydrogens is 601 g/mol. The van der Waals surface area contributed by atoms with E-state index < -0.39 is 0 Å². The standard InChI is InChI=1S/C50H32/c1-2-12-33(13-3-1)35-22-25-36(26-23-35)49-43-18-8-10-20-45(43)50(46-21-11-9-19-44(46)49)40-29-28-39-31-47(41-16-6-7-17-42(41)48(39)32-40)38-27-24-34-14-4-5-15-37(34)30-38/h1-32H. The fourth-order valence-electron chi connectivity index (χ4n) is 8.06. The SMILES string of the molecule is c1ccc(-c2ccc(-c3c4ccccc4c(-c4ccc5cc(-c6ccc7ccccc7c6)c6ccccc6c5c4)c4ccccc34)cc2)cc1. The van der Waals surface area contributed by atoms with Crippen LogP contribution >= 0.6 is 0 Å². The van der Waals surface area contributed by atoms with Crippen molar-refractivity contribution in [3.05, 3.63) is 194 Å². The Hall–Kier alpha value is -6.50. The van der Waals surface area contributed by atoms with E-state index in [1.165, 1.54) is 98.4 Å². The molecule has 232 valence electrons. The van der Waals surface area contributed by atoms with Crippen LogP contribution in [0.5, 0.6) is 0 Å². The van der Waals surface area contributed by atoms with Crippen molar-refractivity contribution in [1.82, 2.24) is 0 Å². The van der Waals surface area contributed by atoms with E-state index >= 15 is 0 Å². The summed E-state index contributed by atoms with van der Waals surface area (Å²) in [6, 6.07) is 71.3. The molecule has 0 heterocycles. The molecule has 0 aliphatic heterocycles. The average molecular weight is 633 g/mol. The lowest BCUT2D eigenvalue weighted by Crippen LogP contribution is -1.91. The average Bonchev–Trinajstić information content (AvgIpc) is 3.19. The number of fused-ring (bicyclic) bond motifs is 6. The van der Waals surface area contributed by atoms with Crippen molar-refractivity contribution >= 4 is 53.9 Å². The molecule has 0 unspecified atom stereocenters. The fraction of sp³-hybridized carbons (Fsp3) is 0. The molecule has 10 aromatic carbocycles. The van der Waals surface area contributed by atoms with Gasteiger partial charge in [-0.05, 0) is 117 Å². The van der Waals surface area contributed by atoms with E-state index in [-0.39, 0.29) is 0 Å². The van der Waals surface area contributed by atoms with Crippen LogP contribution in [0.4, 0.5) is 0 Å². The molecule has 50 heavy (non-hydrogen) atoms. The molecule has 0 fully saturated rings. The Balaban J connectivity index is 1.18. The van der Waals surface area contributed by atoms with Gasteiger partial charge < -0.3 is 0 Å². The molecule has 10 rings (SSSR count). The van der Waals surface area contributed by atoms with Gasteiger partial charge in [0, 0.05) is 0 Å². The van der Waals surface area contributed by atoms with Gasteiger partial charge in [0.25, 0.3) is 0 Å². The molecule has 0 radical (unpaired) electrons. The molecular formula is C50H32. The van der Waals surface area contributed by atoms with E-state index in [1.807, 2.05) is 0 Å². The third-order valence-corrected chi connectivity index (χ3v) is 10.4. The molecule has 0 aliphatic rings. The van der Waals surface area contributed by atoms with E-state index in [0.717, 1.165) is 0 Å². The molecule has 0 bridgehead atoms. The Morgan fingerprint density at radius 1 is 0.200 bits per heavy atom. The second kappa shape index (κ2) is 11.6. The lowest BCUT2D eigenvalue weighted by atomic mass is 9.84. The Labute approximate surface area is 291 Å². The molecule has 0 N–H and O–H groups in total. The largest absolute Gasteiger partial charge is 0.0622 e. The van der Waals surface area contributed by atoms with Crippen LogP contribution in [0.2, 0.25) is 0 Å². The molecule has 0 heteroatoms. The number of hydrogen-bond donors (Lipinski definition) is 0. The number of benzene rings is 10. The predicted octanol–water partition coefficient (Wildman–Crippen LogP) is 14.1. The Bertz CT molecular complexity index is 2840. The number of hydrogen-bond acceptors (Lipinski definition) is 0. The minimum absolute atomic E-state index is 1.23. The topological polar surface area (TPSA) is 0 Å². The summed E-state index contributed by atoms with van der Waals surface area (Å²) >= 11 is 0. The molecule has 0 aromatic heterocycles. The minimum atomic E-state index is 1.23. The van der Waals surface area contributed by atoms with Crippen LogP contribution in [-0.2, 0) is 0 Å². The summed E-state index contributed by atoms with van der Waals surface area (Å²) in [4.78, 5) is 0. The third kappa shape index (κ3) is 4.61. The lowest BCUT2D eigenvalue weighted by molar-refractivity contribution is 1.61. The predicted molar refractivity (Wildman–Crippen MR) is 216 cm³/mol. The molecule has 0 spiro atoms. The normalized spacial score (nSPS) is 11.6. The molecule has 0 aliphatic carbocycles. The van der Waals surface area contributed by atoms with Crippen molar-refractivity contribution in [2.45, 2.75) is 0 Å². The first-order valence-electron chi connectivity index (χ1n) is 17.3. The van der Waals surface area contributed by atoms with Crippen molar-refractivity contribution in [2.75, 3.05) is 0 Å². The van der Waals surface area contributed by atoms with Gasteiger partial charge in [0.1, 0.15) is 0 Å². The highest BCUT2D eigenvalue weighted by Gasteiger charge is 2.18. The van der Waals surface area contributed by atoms with Crippen LogP contribution in [0.3, 0.4) is 0 Å². The van der Waals surface area contributed by atoms with Crippen molar-refractivity contribution in [2.24, 2.45) is 0 Å². The van der Waals surface area contributed by atoms with E-state index in [1.54, 1.807) is 0 Å². The van der Waals surface area contributed by atoms with Crippen molar-refractivity contribution < 1.29 is 0 Å². The maximum atomic E-state index is 2.42. The van der Waals surface area contributed by atoms with E-state index in [9.17, 15) is 0 Å². The van der Waals surface area contributed by atoms with Gasteiger partial charge in [0.15, 0.2) is 0 Å². The van der Waals surface area contributed by atoms with Gasteiger partial charge in [-0.2, -0.15) is 0 Å². The van der Waals surface area contributed by atoms with Crippen LogP contribution in [-0.4, -0.2) is 0 Å². The second-order valence-corrected chi connectivity index (χ2v) is 13.3. The van der Waals surface area contributed by atoms with E-state index in [4.69, 9.17) is 0 Å². The summed E-state index contributed by atoms with van der Waals surface area (Å²) in [7, 11) is 0. The maximum absolute atomic E-state index is 2.42. The van der Waals surface area contributed by atoms with Crippen LogP contribution in [0.25, 0.3) is 98.4 Å².